The van der Waals surface area contributed by atoms with Crippen LogP contribution in [0.1, 0.15) is 6.92 Å². The minimum Gasteiger partial charge on any atom is -0.343 e. The van der Waals surface area contributed by atoms with Crippen molar-refractivity contribution in [2.75, 3.05) is 6.54 Å². The Morgan fingerprint density at radius 2 is 2.09 bits per heavy atom. The van der Waals surface area contributed by atoms with Crippen LogP contribution in [-0.4, -0.2) is 18.6 Å². The molecule has 0 bridgehead atoms. The maximum atomic E-state index is 11.4. The number of nitrogens with one attached hydrogen (secondary N) is 1. The van der Waals surface area contributed by atoms with Crippen molar-refractivity contribution in [1.29, 1.82) is 0 Å². The van der Waals surface area contributed by atoms with Crippen LogP contribution in [0.2, 0.25) is 0 Å². The molecule has 0 spiro atoms. The fourth-order valence-electron chi connectivity index (χ4n) is 0.398. The first-order valence-corrected chi connectivity index (χ1v) is 2.93. The lowest BCUT2D eigenvalue weighted by Crippen LogP contribution is -2.32. The highest BCUT2D eigenvalue weighted by Gasteiger charge is 2.27. The van der Waals surface area contributed by atoms with E-state index in [1.165, 1.54) is 6.08 Å². The number of hydrogen-bond acceptors (Lipinski definition) is 1. The summed E-state index contributed by atoms with van der Waals surface area (Å²) >= 11 is 0. The van der Waals surface area contributed by atoms with Gasteiger partial charge in [0.25, 0.3) is 0 Å². The second-order valence-electron chi connectivity index (χ2n) is 1.83. The molecule has 0 rings (SSSR count). The number of rotatable bonds is 2. The summed E-state index contributed by atoms with van der Waals surface area (Å²) in [4.78, 5) is 10.4. The average Bonchev–Trinajstić information content (AvgIpc) is 1.83. The summed E-state index contributed by atoms with van der Waals surface area (Å²) in [6, 6.07) is 0. The Morgan fingerprint density at radius 3 is 2.45 bits per heavy atom. The zero-order chi connectivity index (χ0) is 8.91. The highest BCUT2D eigenvalue weighted by molar-refractivity contribution is 5.87. The third kappa shape index (κ3) is 6.89. The van der Waals surface area contributed by atoms with Gasteiger partial charge in [-0.15, -0.1) is 0 Å². The van der Waals surface area contributed by atoms with Gasteiger partial charge < -0.3 is 5.32 Å². The fourth-order valence-corrected chi connectivity index (χ4v) is 0.398. The first kappa shape index (κ1) is 10.0. The first-order valence-electron chi connectivity index (χ1n) is 2.93. The van der Waals surface area contributed by atoms with Crippen molar-refractivity contribution >= 4 is 5.91 Å². The summed E-state index contributed by atoms with van der Waals surface area (Å²) in [5.41, 5.74) is 0. The molecule has 0 fully saturated rings. The van der Waals surface area contributed by atoms with Crippen molar-refractivity contribution in [3.8, 4) is 0 Å². The predicted octanol–water partition coefficient (Wildman–Crippen LogP) is 1.24. The molecule has 0 aromatic heterocycles. The average molecular weight is 167 g/mol. The molecule has 0 radical (unpaired) electrons. The summed E-state index contributed by atoms with van der Waals surface area (Å²) in [6.07, 6.45) is -1.94. The standard InChI is InChI=1S/C6H8F3NO/c1-2-3-5(11)10-4-6(7,8)9/h2-3H,4H2,1H3,(H,10,11)/b3-2+. The van der Waals surface area contributed by atoms with Crippen LogP contribution in [0.25, 0.3) is 0 Å². The Hall–Kier alpha value is -1.00. The molecule has 0 aliphatic rings. The summed E-state index contributed by atoms with van der Waals surface area (Å²) in [5.74, 6) is -0.732. The van der Waals surface area contributed by atoms with E-state index < -0.39 is 18.6 Å². The lowest BCUT2D eigenvalue weighted by molar-refractivity contribution is -0.135. The highest BCUT2D eigenvalue weighted by Crippen LogP contribution is 2.11. The second-order valence-corrected chi connectivity index (χ2v) is 1.83. The van der Waals surface area contributed by atoms with Gasteiger partial charge in [0.15, 0.2) is 0 Å². The fraction of sp³-hybridized carbons (Fsp3) is 0.500. The number of halogens is 3. The monoisotopic (exact) mass is 167 g/mol. The van der Waals surface area contributed by atoms with Gasteiger partial charge in [0.1, 0.15) is 6.54 Å². The summed E-state index contributed by atoms with van der Waals surface area (Å²) in [5, 5.41) is 1.67. The molecule has 0 unspecified atom stereocenters. The molecule has 11 heavy (non-hydrogen) atoms. The molecule has 2 nitrogen and oxygen atoms in total. The molecule has 64 valence electrons. The molecule has 0 aromatic rings. The Bertz CT molecular complexity index is 162. The van der Waals surface area contributed by atoms with Crippen LogP contribution in [0.5, 0.6) is 0 Å². The topological polar surface area (TPSA) is 29.1 Å². The maximum absolute atomic E-state index is 11.4. The van der Waals surface area contributed by atoms with Crippen molar-refractivity contribution in [1.82, 2.24) is 5.32 Å². The van der Waals surface area contributed by atoms with Gasteiger partial charge in [-0.1, -0.05) is 6.08 Å². The molecule has 0 aliphatic carbocycles. The number of carbonyl (C=O) groups is 1. The van der Waals surface area contributed by atoms with Gasteiger partial charge in [-0.2, -0.15) is 13.2 Å². The lowest BCUT2D eigenvalue weighted by Gasteiger charge is -2.05. The molecule has 0 aliphatic heterocycles. The smallest absolute Gasteiger partial charge is 0.343 e. The minimum absolute atomic E-state index is 0.732. The number of hydrogen-bond donors (Lipinski definition) is 1. The molecule has 1 N–H and O–H groups in total. The van der Waals surface area contributed by atoms with E-state index in [1.54, 1.807) is 12.2 Å². The van der Waals surface area contributed by atoms with Crippen LogP contribution in [0.4, 0.5) is 13.2 Å². The second kappa shape index (κ2) is 4.00. The number of allylic oxidation sites excluding steroid dienone is 1. The first-order chi connectivity index (χ1) is 4.95. The molecule has 5 heteroatoms. The molecular weight excluding hydrogens is 159 g/mol. The van der Waals surface area contributed by atoms with Crippen LogP contribution in [0, 0.1) is 0 Å². The molecule has 0 saturated heterocycles. The van der Waals surface area contributed by atoms with Gasteiger partial charge in [0.05, 0.1) is 0 Å². The summed E-state index contributed by atoms with van der Waals surface area (Å²) < 4.78 is 34.3. The van der Waals surface area contributed by atoms with Crippen molar-refractivity contribution in [2.24, 2.45) is 0 Å². The van der Waals surface area contributed by atoms with Crippen molar-refractivity contribution in [3.05, 3.63) is 12.2 Å². The van der Waals surface area contributed by atoms with Crippen LogP contribution in [0.15, 0.2) is 12.2 Å². The van der Waals surface area contributed by atoms with E-state index in [4.69, 9.17) is 0 Å². The largest absolute Gasteiger partial charge is 0.405 e. The molecule has 0 heterocycles. The van der Waals surface area contributed by atoms with Crippen molar-refractivity contribution in [2.45, 2.75) is 13.1 Å². The predicted molar refractivity (Wildman–Crippen MR) is 33.9 cm³/mol. The summed E-state index contributed by atoms with van der Waals surface area (Å²) in [6.45, 7) is 0.267. The SMILES string of the molecule is C/C=C/C(=O)NCC(F)(F)F. The maximum Gasteiger partial charge on any atom is 0.405 e. The number of amides is 1. The molecule has 1 amide bonds. The van der Waals surface area contributed by atoms with E-state index in [0.717, 1.165) is 6.08 Å². The van der Waals surface area contributed by atoms with Gasteiger partial charge in [-0.3, -0.25) is 4.79 Å². The van der Waals surface area contributed by atoms with Gasteiger partial charge in [0, 0.05) is 0 Å². The van der Waals surface area contributed by atoms with Crippen LogP contribution < -0.4 is 5.32 Å². The molecule has 0 saturated carbocycles. The van der Waals surface area contributed by atoms with Gasteiger partial charge >= 0.3 is 6.18 Å². The molecule has 0 aromatic carbocycles. The molecular formula is C6H8F3NO. The third-order valence-corrected chi connectivity index (χ3v) is 0.781. The normalized spacial score (nSPS) is 12.0. The Balaban J connectivity index is 3.63. The van der Waals surface area contributed by atoms with E-state index in [0.29, 0.717) is 0 Å². The van der Waals surface area contributed by atoms with Crippen molar-refractivity contribution < 1.29 is 18.0 Å². The Labute approximate surface area is 62.1 Å². The quantitative estimate of drug-likeness (QED) is 0.616. The van der Waals surface area contributed by atoms with Crippen LogP contribution in [0.3, 0.4) is 0 Å². The van der Waals surface area contributed by atoms with Gasteiger partial charge in [-0.05, 0) is 13.0 Å². The van der Waals surface area contributed by atoms with Crippen molar-refractivity contribution in [3.63, 3.8) is 0 Å². The zero-order valence-electron chi connectivity index (χ0n) is 5.90. The Morgan fingerprint density at radius 1 is 1.55 bits per heavy atom. The Kier molecular flexibility index (Phi) is 3.64. The third-order valence-electron chi connectivity index (χ3n) is 0.781. The number of carbonyl (C=O) groups excluding carboxylic acids is 1. The van der Waals surface area contributed by atoms with Gasteiger partial charge in [0.2, 0.25) is 5.91 Å². The highest BCUT2D eigenvalue weighted by atomic mass is 19.4. The van der Waals surface area contributed by atoms with Crippen LogP contribution >= 0.6 is 0 Å². The van der Waals surface area contributed by atoms with Gasteiger partial charge in [-0.25, -0.2) is 0 Å². The van der Waals surface area contributed by atoms with E-state index in [9.17, 15) is 18.0 Å². The van der Waals surface area contributed by atoms with E-state index in [-0.39, 0.29) is 0 Å². The summed E-state index contributed by atoms with van der Waals surface area (Å²) in [7, 11) is 0. The minimum atomic E-state index is -4.34. The molecule has 0 atom stereocenters. The lowest BCUT2D eigenvalue weighted by atomic mass is 10.5. The van der Waals surface area contributed by atoms with E-state index in [1.807, 2.05) is 0 Å². The zero-order valence-corrected chi connectivity index (χ0v) is 5.90. The number of alkyl halides is 3. The van der Waals surface area contributed by atoms with E-state index >= 15 is 0 Å². The van der Waals surface area contributed by atoms with Crippen LogP contribution in [-0.2, 0) is 4.79 Å². The van der Waals surface area contributed by atoms with E-state index in [2.05, 4.69) is 0 Å².